The molecule has 6 heteroatoms. The fourth-order valence-corrected chi connectivity index (χ4v) is 3.13. The van der Waals surface area contributed by atoms with Gasteiger partial charge in [-0.25, -0.2) is 0 Å². The monoisotopic (exact) mass is 296 g/mol. The first-order valence-corrected chi connectivity index (χ1v) is 7.22. The number of esters is 1. The number of aryl methyl sites for hydroxylation is 1. The number of hydrogen-bond acceptors (Lipinski definition) is 4. The largest absolute Gasteiger partial charge is 0.460 e. The Morgan fingerprint density at radius 1 is 1.63 bits per heavy atom. The average molecular weight is 297 g/mol. The van der Waals surface area contributed by atoms with E-state index in [1.54, 1.807) is 4.68 Å². The summed E-state index contributed by atoms with van der Waals surface area (Å²) in [4.78, 5) is 12.9. The van der Waals surface area contributed by atoms with Crippen LogP contribution in [-0.2, 0) is 23.2 Å². The lowest BCUT2D eigenvalue weighted by Gasteiger charge is -2.01. The van der Waals surface area contributed by atoms with Gasteiger partial charge in [0.05, 0.1) is 16.5 Å². The van der Waals surface area contributed by atoms with Crippen LogP contribution in [0.15, 0.2) is 24.5 Å². The van der Waals surface area contributed by atoms with Gasteiger partial charge in [0.25, 0.3) is 0 Å². The van der Waals surface area contributed by atoms with Gasteiger partial charge in [-0.3, -0.25) is 9.48 Å². The highest BCUT2D eigenvalue weighted by Crippen LogP contribution is 2.48. The number of ether oxygens (including phenoxy) is 1. The van der Waals surface area contributed by atoms with E-state index in [9.17, 15) is 4.79 Å². The molecule has 1 fully saturated rings. The van der Waals surface area contributed by atoms with Crippen molar-refractivity contribution in [3.63, 3.8) is 0 Å². The molecule has 0 aliphatic heterocycles. The van der Waals surface area contributed by atoms with Gasteiger partial charge in [0, 0.05) is 24.0 Å². The number of carbonyl (C=O) groups is 1. The molecule has 0 aromatic carbocycles. The molecule has 2 aromatic rings. The number of hydrogen-bond donors (Lipinski definition) is 0. The predicted octanol–water partition coefficient (Wildman–Crippen LogP) is 2.98. The van der Waals surface area contributed by atoms with E-state index in [2.05, 4.69) is 5.10 Å². The fourth-order valence-electron chi connectivity index (χ4n) is 2.13. The first-order chi connectivity index (χ1) is 9.13. The summed E-state index contributed by atoms with van der Waals surface area (Å²) in [6.07, 6.45) is 4.63. The molecular weight excluding hydrogens is 284 g/mol. The van der Waals surface area contributed by atoms with Gasteiger partial charge in [-0.2, -0.15) is 5.10 Å². The van der Waals surface area contributed by atoms with Gasteiger partial charge in [-0.1, -0.05) is 11.6 Å². The maximum Gasteiger partial charge on any atom is 0.309 e. The Morgan fingerprint density at radius 2 is 2.47 bits per heavy atom. The second-order valence-electron chi connectivity index (χ2n) is 4.71. The van der Waals surface area contributed by atoms with Crippen molar-refractivity contribution in [2.24, 2.45) is 13.0 Å². The van der Waals surface area contributed by atoms with Crippen molar-refractivity contribution in [3.05, 3.63) is 39.3 Å². The maximum atomic E-state index is 11.9. The Hall–Kier alpha value is -1.33. The van der Waals surface area contributed by atoms with Crippen LogP contribution in [-0.4, -0.2) is 15.7 Å². The lowest BCUT2D eigenvalue weighted by Crippen LogP contribution is -2.07. The standard InChI is InChI=1S/C13H13ClN2O2S/c1-16-6-8(5-15-16)10-4-11(10)13(17)18-7-9-2-3-12(14)19-9/h2-3,5-6,10-11H,4,7H2,1H3/t10-,11-/m1/s1. The number of nitrogens with zero attached hydrogens (tertiary/aromatic N) is 2. The average Bonchev–Trinajstić information content (AvgIpc) is 2.90. The molecule has 0 unspecified atom stereocenters. The third kappa shape index (κ3) is 2.82. The van der Waals surface area contributed by atoms with Gasteiger partial charge < -0.3 is 4.74 Å². The second-order valence-corrected chi connectivity index (χ2v) is 6.51. The van der Waals surface area contributed by atoms with E-state index in [0.717, 1.165) is 16.9 Å². The minimum atomic E-state index is -0.127. The first-order valence-electron chi connectivity index (χ1n) is 6.03. The summed E-state index contributed by atoms with van der Waals surface area (Å²) in [5, 5.41) is 4.12. The zero-order chi connectivity index (χ0) is 13.4. The van der Waals surface area contributed by atoms with Crippen LogP contribution in [0.5, 0.6) is 0 Å². The molecule has 2 atom stereocenters. The summed E-state index contributed by atoms with van der Waals surface area (Å²) < 4.78 is 7.78. The van der Waals surface area contributed by atoms with Crippen molar-refractivity contribution in [2.45, 2.75) is 18.9 Å². The molecule has 2 heterocycles. The molecule has 1 aliphatic rings. The third-order valence-electron chi connectivity index (χ3n) is 3.23. The Labute approximate surface area is 119 Å². The van der Waals surface area contributed by atoms with E-state index < -0.39 is 0 Å². The molecule has 0 spiro atoms. The van der Waals surface area contributed by atoms with E-state index in [0.29, 0.717) is 10.9 Å². The lowest BCUT2D eigenvalue weighted by atomic mass is 10.2. The molecule has 2 aromatic heterocycles. The topological polar surface area (TPSA) is 44.1 Å². The van der Waals surface area contributed by atoms with E-state index in [1.165, 1.54) is 11.3 Å². The minimum Gasteiger partial charge on any atom is -0.460 e. The molecule has 4 nitrogen and oxygen atoms in total. The summed E-state index contributed by atoms with van der Waals surface area (Å²) in [5.41, 5.74) is 1.11. The minimum absolute atomic E-state index is 0.0142. The van der Waals surface area contributed by atoms with Crippen LogP contribution < -0.4 is 0 Å². The molecule has 3 rings (SSSR count). The van der Waals surface area contributed by atoms with Crippen molar-refractivity contribution >= 4 is 28.9 Å². The van der Waals surface area contributed by atoms with Gasteiger partial charge in [0.1, 0.15) is 6.61 Å². The summed E-state index contributed by atoms with van der Waals surface area (Å²) >= 11 is 7.26. The van der Waals surface area contributed by atoms with Gasteiger partial charge in [0.2, 0.25) is 0 Å². The van der Waals surface area contributed by atoms with Crippen LogP contribution in [0.4, 0.5) is 0 Å². The lowest BCUT2D eigenvalue weighted by molar-refractivity contribution is -0.146. The van der Waals surface area contributed by atoms with Gasteiger partial charge >= 0.3 is 5.97 Å². The Kier molecular flexibility index (Phi) is 3.33. The second kappa shape index (κ2) is 4.98. The van der Waals surface area contributed by atoms with Crippen LogP contribution in [0.1, 0.15) is 22.8 Å². The first kappa shape index (κ1) is 12.7. The molecule has 1 aliphatic carbocycles. The summed E-state index contributed by atoms with van der Waals surface area (Å²) in [7, 11) is 1.87. The van der Waals surface area contributed by atoms with Crippen LogP contribution in [0, 0.1) is 5.92 Å². The van der Waals surface area contributed by atoms with E-state index in [-0.39, 0.29) is 17.8 Å². The third-order valence-corrected chi connectivity index (χ3v) is 4.44. The molecule has 0 saturated heterocycles. The maximum absolute atomic E-state index is 11.9. The van der Waals surface area contributed by atoms with Crippen molar-refractivity contribution < 1.29 is 9.53 Å². The molecule has 100 valence electrons. The van der Waals surface area contributed by atoms with Crippen LogP contribution in [0.2, 0.25) is 4.34 Å². The van der Waals surface area contributed by atoms with Crippen LogP contribution >= 0.6 is 22.9 Å². The summed E-state index contributed by atoms with van der Waals surface area (Å²) in [5.74, 6) is 0.131. The SMILES string of the molecule is Cn1cc([C@H]2C[C@H]2C(=O)OCc2ccc(Cl)s2)cn1. The van der Waals surface area contributed by atoms with Gasteiger partial charge in [-0.05, 0) is 24.1 Å². The number of thiophene rings is 1. The molecule has 0 bridgehead atoms. The summed E-state index contributed by atoms with van der Waals surface area (Å²) in [6.45, 7) is 0.312. The summed E-state index contributed by atoms with van der Waals surface area (Å²) in [6, 6.07) is 3.69. The van der Waals surface area contributed by atoms with Crippen molar-refractivity contribution in [1.82, 2.24) is 9.78 Å². The van der Waals surface area contributed by atoms with Gasteiger partial charge in [0.15, 0.2) is 0 Å². The Balaban J connectivity index is 1.52. The molecule has 0 N–H and O–H groups in total. The number of rotatable bonds is 4. The number of carbonyl (C=O) groups excluding carboxylic acids is 1. The molecule has 0 amide bonds. The Morgan fingerprint density at radius 3 is 3.11 bits per heavy atom. The van der Waals surface area contributed by atoms with Crippen LogP contribution in [0.3, 0.4) is 0 Å². The van der Waals surface area contributed by atoms with Crippen molar-refractivity contribution in [2.75, 3.05) is 0 Å². The zero-order valence-electron chi connectivity index (χ0n) is 10.4. The molecule has 19 heavy (non-hydrogen) atoms. The quantitative estimate of drug-likeness (QED) is 0.815. The smallest absolute Gasteiger partial charge is 0.309 e. The number of aromatic nitrogens is 2. The van der Waals surface area contributed by atoms with Crippen LogP contribution in [0.25, 0.3) is 0 Å². The zero-order valence-corrected chi connectivity index (χ0v) is 11.9. The number of halogens is 1. The van der Waals surface area contributed by atoms with Crippen molar-refractivity contribution in [3.8, 4) is 0 Å². The Bertz CT molecular complexity index is 607. The molecule has 0 radical (unpaired) electrons. The van der Waals surface area contributed by atoms with Gasteiger partial charge in [-0.15, -0.1) is 11.3 Å². The normalized spacial score (nSPS) is 21.4. The predicted molar refractivity (Wildman–Crippen MR) is 73.2 cm³/mol. The molecular formula is C13H13ClN2O2S. The van der Waals surface area contributed by atoms with E-state index in [1.807, 2.05) is 31.6 Å². The highest BCUT2D eigenvalue weighted by atomic mass is 35.5. The van der Waals surface area contributed by atoms with Crippen molar-refractivity contribution in [1.29, 1.82) is 0 Å². The highest BCUT2D eigenvalue weighted by Gasteiger charge is 2.45. The highest BCUT2D eigenvalue weighted by molar-refractivity contribution is 7.16. The van der Waals surface area contributed by atoms with E-state index >= 15 is 0 Å². The van der Waals surface area contributed by atoms with E-state index in [4.69, 9.17) is 16.3 Å². The fraction of sp³-hybridized carbons (Fsp3) is 0.385. The molecule has 1 saturated carbocycles.